The van der Waals surface area contributed by atoms with Gasteiger partial charge in [-0.1, -0.05) is 50.2 Å². The summed E-state index contributed by atoms with van der Waals surface area (Å²) in [6.45, 7) is 8.54. The molecule has 1 saturated heterocycles. The summed E-state index contributed by atoms with van der Waals surface area (Å²) in [7, 11) is 0. The van der Waals surface area contributed by atoms with E-state index in [0.29, 0.717) is 23.6 Å². The lowest BCUT2D eigenvalue weighted by molar-refractivity contribution is 0.340. The van der Waals surface area contributed by atoms with E-state index in [0.717, 1.165) is 24.5 Å². The quantitative estimate of drug-likeness (QED) is 0.931. The van der Waals surface area contributed by atoms with Crippen molar-refractivity contribution in [3.05, 3.63) is 35.7 Å². The summed E-state index contributed by atoms with van der Waals surface area (Å²) >= 11 is 0. The number of hydrogen-bond donors (Lipinski definition) is 1. The molecule has 1 fully saturated rings. The second-order valence-electron chi connectivity index (χ2n) is 5.97. The Morgan fingerprint density at radius 1 is 1.20 bits per heavy atom. The first-order valence-electron chi connectivity index (χ1n) is 7.30. The average molecular weight is 271 g/mol. The SMILES string of the molecule is CC(C)c1ccc(-c2noc(C3CNCC3C)n2)cc1. The van der Waals surface area contributed by atoms with E-state index in [1.54, 1.807) is 0 Å². The second-order valence-corrected chi connectivity index (χ2v) is 5.97. The smallest absolute Gasteiger partial charge is 0.231 e. The molecule has 0 radical (unpaired) electrons. The molecule has 0 saturated carbocycles. The Morgan fingerprint density at radius 3 is 2.55 bits per heavy atom. The van der Waals surface area contributed by atoms with Gasteiger partial charge in [0.15, 0.2) is 0 Å². The Labute approximate surface area is 119 Å². The summed E-state index contributed by atoms with van der Waals surface area (Å²) in [5.41, 5.74) is 2.34. The molecule has 2 aromatic rings. The van der Waals surface area contributed by atoms with Crippen molar-refractivity contribution in [3.8, 4) is 11.4 Å². The molecular formula is C16H21N3O. The Balaban J connectivity index is 1.82. The number of rotatable bonds is 3. The molecule has 1 aromatic carbocycles. The molecular weight excluding hydrogens is 250 g/mol. The zero-order valence-corrected chi connectivity index (χ0v) is 12.3. The molecule has 2 heterocycles. The lowest BCUT2D eigenvalue weighted by Crippen LogP contribution is -2.08. The van der Waals surface area contributed by atoms with Crippen LogP contribution in [0.4, 0.5) is 0 Å². The van der Waals surface area contributed by atoms with Gasteiger partial charge in [-0.15, -0.1) is 0 Å². The van der Waals surface area contributed by atoms with Crippen molar-refractivity contribution in [1.29, 1.82) is 0 Å². The van der Waals surface area contributed by atoms with Crippen LogP contribution in [0.15, 0.2) is 28.8 Å². The number of hydrogen-bond acceptors (Lipinski definition) is 4. The highest BCUT2D eigenvalue weighted by Gasteiger charge is 2.29. The van der Waals surface area contributed by atoms with Gasteiger partial charge < -0.3 is 9.84 Å². The molecule has 20 heavy (non-hydrogen) atoms. The first-order valence-corrected chi connectivity index (χ1v) is 7.30. The predicted octanol–water partition coefficient (Wildman–Crippen LogP) is 3.18. The van der Waals surface area contributed by atoms with Crippen molar-refractivity contribution < 1.29 is 4.52 Å². The number of benzene rings is 1. The second kappa shape index (κ2) is 5.37. The maximum atomic E-state index is 5.45. The van der Waals surface area contributed by atoms with E-state index < -0.39 is 0 Å². The third-order valence-corrected chi connectivity index (χ3v) is 4.11. The normalized spacial score (nSPS) is 22.6. The van der Waals surface area contributed by atoms with E-state index in [1.807, 2.05) is 0 Å². The van der Waals surface area contributed by atoms with E-state index >= 15 is 0 Å². The minimum atomic E-state index is 0.339. The zero-order chi connectivity index (χ0) is 14.1. The molecule has 0 bridgehead atoms. The van der Waals surface area contributed by atoms with Crippen LogP contribution in [-0.4, -0.2) is 23.2 Å². The monoisotopic (exact) mass is 271 g/mol. The van der Waals surface area contributed by atoms with Gasteiger partial charge >= 0.3 is 0 Å². The van der Waals surface area contributed by atoms with Gasteiger partial charge in [0.05, 0.1) is 5.92 Å². The topological polar surface area (TPSA) is 51.0 Å². The Hall–Kier alpha value is -1.68. The van der Waals surface area contributed by atoms with Crippen molar-refractivity contribution in [1.82, 2.24) is 15.5 Å². The fraction of sp³-hybridized carbons (Fsp3) is 0.500. The largest absolute Gasteiger partial charge is 0.339 e. The van der Waals surface area contributed by atoms with E-state index in [2.05, 4.69) is 60.5 Å². The van der Waals surface area contributed by atoms with Crippen LogP contribution in [0.1, 0.15) is 44.1 Å². The summed E-state index contributed by atoms with van der Waals surface area (Å²) in [6.07, 6.45) is 0. The van der Waals surface area contributed by atoms with Crippen molar-refractivity contribution in [2.24, 2.45) is 5.92 Å². The van der Waals surface area contributed by atoms with E-state index in [4.69, 9.17) is 4.52 Å². The van der Waals surface area contributed by atoms with Crippen LogP contribution in [0.25, 0.3) is 11.4 Å². The van der Waals surface area contributed by atoms with Gasteiger partial charge in [-0.3, -0.25) is 0 Å². The van der Waals surface area contributed by atoms with E-state index in [-0.39, 0.29) is 0 Å². The summed E-state index contributed by atoms with van der Waals surface area (Å²) < 4.78 is 5.45. The molecule has 0 spiro atoms. The first kappa shape index (κ1) is 13.3. The highest BCUT2D eigenvalue weighted by molar-refractivity contribution is 5.54. The third kappa shape index (κ3) is 2.48. The van der Waals surface area contributed by atoms with Gasteiger partial charge in [0.2, 0.25) is 11.7 Å². The maximum absolute atomic E-state index is 5.45. The maximum Gasteiger partial charge on any atom is 0.231 e. The molecule has 1 N–H and O–H groups in total. The number of nitrogens with zero attached hydrogens (tertiary/aromatic N) is 2. The van der Waals surface area contributed by atoms with Crippen LogP contribution >= 0.6 is 0 Å². The molecule has 0 amide bonds. The van der Waals surface area contributed by atoms with Crippen molar-refractivity contribution in [3.63, 3.8) is 0 Å². The molecule has 1 aromatic heterocycles. The summed E-state index contributed by atoms with van der Waals surface area (Å²) in [5, 5.41) is 7.49. The first-order chi connectivity index (χ1) is 9.65. The molecule has 106 valence electrons. The molecule has 4 nitrogen and oxygen atoms in total. The van der Waals surface area contributed by atoms with Gasteiger partial charge in [-0.2, -0.15) is 4.98 Å². The number of aromatic nitrogens is 2. The van der Waals surface area contributed by atoms with Crippen LogP contribution in [-0.2, 0) is 0 Å². The van der Waals surface area contributed by atoms with Gasteiger partial charge in [-0.25, -0.2) is 0 Å². The standard InChI is InChI=1S/C16H21N3O/c1-10(2)12-4-6-13(7-5-12)15-18-16(20-19-15)14-9-17-8-11(14)3/h4-7,10-11,14,17H,8-9H2,1-3H3. The van der Waals surface area contributed by atoms with Gasteiger partial charge in [0.25, 0.3) is 0 Å². The summed E-state index contributed by atoms with van der Waals surface area (Å²) in [5.74, 6) is 2.87. The summed E-state index contributed by atoms with van der Waals surface area (Å²) in [6, 6.07) is 8.41. The van der Waals surface area contributed by atoms with Crippen LogP contribution in [0.5, 0.6) is 0 Å². The van der Waals surface area contributed by atoms with Crippen molar-refractivity contribution in [2.45, 2.75) is 32.6 Å². The minimum Gasteiger partial charge on any atom is -0.339 e. The molecule has 0 aliphatic carbocycles. The Bertz CT molecular complexity index is 574. The fourth-order valence-corrected chi connectivity index (χ4v) is 2.66. The lowest BCUT2D eigenvalue weighted by atomic mass is 9.98. The minimum absolute atomic E-state index is 0.339. The predicted molar refractivity (Wildman–Crippen MR) is 78.6 cm³/mol. The molecule has 2 unspecified atom stereocenters. The van der Waals surface area contributed by atoms with Crippen molar-refractivity contribution >= 4 is 0 Å². The van der Waals surface area contributed by atoms with Crippen molar-refractivity contribution in [2.75, 3.05) is 13.1 Å². The Kier molecular flexibility index (Phi) is 3.57. The molecule has 1 aliphatic heterocycles. The average Bonchev–Trinajstić information content (AvgIpc) is 3.07. The Morgan fingerprint density at radius 2 is 1.95 bits per heavy atom. The van der Waals surface area contributed by atoms with Crippen LogP contribution in [0, 0.1) is 5.92 Å². The molecule has 2 atom stereocenters. The highest BCUT2D eigenvalue weighted by Crippen LogP contribution is 2.28. The van der Waals surface area contributed by atoms with Gasteiger partial charge in [0.1, 0.15) is 0 Å². The lowest BCUT2D eigenvalue weighted by Gasteiger charge is -2.07. The molecule has 1 aliphatic rings. The molecule has 4 heteroatoms. The van der Waals surface area contributed by atoms with Gasteiger partial charge in [0, 0.05) is 12.1 Å². The van der Waals surface area contributed by atoms with E-state index in [1.165, 1.54) is 5.56 Å². The molecule has 3 rings (SSSR count). The van der Waals surface area contributed by atoms with Gasteiger partial charge in [-0.05, 0) is 23.9 Å². The third-order valence-electron chi connectivity index (χ3n) is 4.11. The zero-order valence-electron chi connectivity index (χ0n) is 12.3. The fourth-order valence-electron chi connectivity index (χ4n) is 2.66. The number of nitrogens with one attached hydrogen (secondary N) is 1. The summed E-state index contributed by atoms with van der Waals surface area (Å²) in [4.78, 5) is 4.57. The van der Waals surface area contributed by atoms with Crippen LogP contribution < -0.4 is 5.32 Å². The van der Waals surface area contributed by atoms with Crippen LogP contribution in [0.3, 0.4) is 0 Å². The highest BCUT2D eigenvalue weighted by atomic mass is 16.5. The van der Waals surface area contributed by atoms with E-state index in [9.17, 15) is 0 Å². The van der Waals surface area contributed by atoms with Crippen LogP contribution in [0.2, 0.25) is 0 Å².